The smallest absolute Gasteiger partial charge is 0.177 e. The molecule has 0 saturated heterocycles. The molecule has 0 heterocycles. The number of hydrogen-bond donors (Lipinski definition) is 0. The molecule has 0 fully saturated rings. The van der Waals surface area contributed by atoms with Crippen LogP contribution in [0.1, 0.15) is 16.8 Å². The molecule has 0 unspecified atom stereocenters. The van der Waals surface area contributed by atoms with Gasteiger partial charge in [-0.05, 0) is 0 Å². The molecule has 0 N–H and O–H groups in total. The number of carbonyl (C=O) groups excluding carboxylic acids is 2. The minimum absolute atomic E-state index is 0.209. The van der Waals surface area contributed by atoms with E-state index in [4.69, 9.17) is 14.2 Å². The molecule has 17 heavy (non-hydrogen) atoms. The maximum absolute atomic E-state index is 11.8. The van der Waals surface area contributed by atoms with Gasteiger partial charge >= 0.3 is 0 Å². The van der Waals surface area contributed by atoms with E-state index in [1.54, 1.807) is 12.1 Å². The Labute approximate surface area is 99.3 Å². The van der Waals surface area contributed by atoms with Gasteiger partial charge < -0.3 is 19.0 Å². The highest BCUT2D eigenvalue weighted by atomic mass is 16.5. The molecule has 0 aliphatic carbocycles. The van der Waals surface area contributed by atoms with Crippen LogP contribution in [0.3, 0.4) is 0 Å². The number of methoxy groups -OCH3 is 3. The summed E-state index contributed by atoms with van der Waals surface area (Å²) >= 11 is 0. The Morgan fingerprint density at radius 1 is 1.12 bits per heavy atom. The molecule has 5 heteroatoms. The molecule has 1 aromatic rings. The highest BCUT2D eigenvalue weighted by molar-refractivity contribution is 6.06. The molecule has 0 spiro atoms. The first-order valence-corrected chi connectivity index (χ1v) is 4.94. The maximum Gasteiger partial charge on any atom is 0.177 e. The van der Waals surface area contributed by atoms with Crippen LogP contribution in [0.5, 0.6) is 17.2 Å². The Hall–Kier alpha value is -2.04. The molecule has 0 atom stereocenters. The zero-order valence-corrected chi connectivity index (χ0v) is 9.98. The van der Waals surface area contributed by atoms with E-state index in [9.17, 15) is 9.59 Å². The molecule has 0 aliphatic rings. The summed E-state index contributed by atoms with van der Waals surface area (Å²) in [5.41, 5.74) is 0.253. The van der Waals surface area contributed by atoms with Crippen molar-refractivity contribution in [1.29, 1.82) is 0 Å². The molecule has 1 rings (SSSR count). The first kappa shape index (κ1) is 13.0. The average Bonchev–Trinajstić information content (AvgIpc) is 2.37. The van der Waals surface area contributed by atoms with Crippen molar-refractivity contribution in [2.45, 2.75) is 6.42 Å². The lowest BCUT2D eigenvalue weighted by Gasteiger charge is -2.13. The fraction of sp³-hybridized carbons (Fsp3) is 0.333. The van der Waals surface area contributed by atoms with E-state index in [2.05, 4.69) is 0 Å². The van der Waals surface area contributed by atoms with Crippen LogP contribution in [0.2, 0.25) is 0 Å². The third kappa shape index (κ3) is 2.75. The molecule has 0 bridgehead atoms. The third-order valence-electron chi connectivity index (χ3n) is 2.26. The second kappa shape index (κ2) is 5.89. The summed E-state index contributed by atoms with van der Waals surface area (Å²) in [5.74, 6) is 0.818. The van der Waals surface area contributed by atoms with Crippen LogP contribution < -0.4 is 14.2 Å². The van der Waals surface area contributed by atoms with Crippen molar-refractivity contribution in [1.82, 2.24) is 0 Å². The third-order valence-corrected chi connectivity index (χ3v) is 2.26. The number of benzene rings is 1. The second-order valence-corrected chi connectivity index (χ2v) is 3.20. The van der Waals surface area contributed by atoms with Crippen molar-refractivity contribution in [3.8, 4) is 17.2 Å². The SMILES string of the molecule is COc1cc(OC)c(C(=O)CC=O)c(OC)c1. The fourth-order valence-electron chi connectivity index (χ4n) is 1.46. The number of Topliss-reactive ketones (excluding diaryl/α,β-unsaturated/α-hetero) is 1. The number of hydrogen-bond acceptors (Lipinski definition) is 5. The van der Waals surface area contributed by atoms with Crippen molar-refractivity contribution < 1.29 is 23.8 Å². The summed E-state index contributed by atoms with van der Waals surface area (Å²) in [7, 11) is 4.37. The van der Waals surface area contributed by atoms with E-state index in [-0.39, 0.29) is 17.8 Å². The molecule has 0 saturated carbocycles. The zero-order valence-electron chi connectivity index (χ0n) is 9.98. The van der Waals surface area contributed by atoms with Crippen LogP contribution in [-0.4, -0.2) is 33.4 Å². The van der Waals surface area contributed by atoms with Crippen LogP contribution in [0.15, 0.2) is 12.1 Å². The summed E-state index contributed by atoms with van der Waals surface area (Å²) in [6.07, 6.45) is 0.338. The fourth-order valence-corrected chi connectivity index (χ4v) is 1.46. The topological polar surface area (TPSA) is 61.8 Å². The van der Waals surface area contributed by atoms with Crippen molar-refractivity contribution in [2.75, 3.05) is 21.3 Å². The van der Waals surface area contributed by atoms with Gasteiger partial charge in [0.2, 0.25) is 0 Å². The molecular formula is C12H14O5. The summed E-state index contributed by atoms with van der Waals surface area (Å²) < 4.78 is 15.3. The first-order chi connectivity index (χ1) is 8.17. The van der Waals surface area contributed by atoms with Gasteiger partial charge in [0.05, 0.1) is 27.8 Å². The molecule has 5 nitrogen and oxygen atoms in total. The molecule has 0 aliphatic heterocycles. The van der Waals surface area contributed by atoms with Crippen LogP contribution in [-0.2, 0) is 4.79 Å². The molecule has 0 aromatic heterocycles. The summed E-state index contributed by atoms with van der Waals surface area (Å²) in [6, 6.07) is 3.14. The predicted octanol–water partition coefficient (Wildman–Crippen LogP) is 1.48. The summed E-state index contributed by atoms with van der Waals surface area (Å²) in [5, 5.41) is 0. The lowest BCUT2D eigenvalue weighted by atomic mass is 10.1. The van der Waals surface area contributed by atoms with Crippen LogP contribution in [0.25, 0.3) is 0 Å². The van der Waals surface area contributed by atoms with Gasteiger partial charge in [0.15, 0.2) is 5.78 Å². The summed E-state index contributed by atoms with van der Waals surface area (Å²) in [4.78, 5) is 22.2. The Bertz CT molecular complexity index is 400. The highest BCUT2D eigenvalue weighted by Gasteiger charge is 2.19. The number of rotatable bonds is 6. The van der Waals surface area contributed by atoms with Gasteiger partial charge in [0.1, 0.15) is 29.1 Å². The van der Waals surface area contributed by atoms with E-state index in [0.29, 0.717) is 23.5 Å². The highest BCUT2D eigenvalue weighted by Crippen LogP contribution is 2.34. The van der Waals surface area contributed by atoms with Gasteiger partial charge in [-0.3, -0.25) is 4.79 Å². The summed E-state index contributed by atoms with van der Waals surface area (Å²) in [6.45, 7) is 0. The quantitative estimate of drug-likeness (QED) is 0.427. The largest absolute Gasteiger partial charge is 0.496 e. The Morgan fingerprint density at radius 2 is 1.65 bits per heavy atom. The van der Waals surface area contributed by atoms with Gasteiger partial charge in [0, 0.05) is 12.1 Å². The van der Waals surface area contributed by atoms with Crippen molar-refractivity contribution in [3.05, 3.63) is 17.7 Å². The molecule has 92 valence electrons. The predicted molar refractivity (Wildman–Crippen MR) is 61.1 cm³/mol. The number of ketones is 1. The van der Waals surface area contributed by atoms with E-state index in [1.165, 1.54) is 21.3 Å². The second-order valence-electron chi connectivity index (χ2n) is 3.20. The van der Waals surface area contributed by atoms with Crippen LogP contribution in [0.4, 0.5) is 0 Å². The number of aldehydes is 1. The molecular weight excluding hydrogens is 224 g/mol. The standard InChI is InChI=1S/C12H14O5/c1-15-8-6-10(16-2)12(9(14)4-5-13)11(7-8)17-3/h5-7H,4H2,1-3H3. The van der Waals surface area contributed by atoms with Crippen molar-refractivity contribution in [2.24, 2.45) is 0 Å². The number of carbonyl (C=O) groups is 2. The monoisotopic (exact) mass is 238 g/mol. The maximum atomic E-state index is 11.8. The van der Waals surface area contributed by atoms with Gasteiger partial charge in [-0.2, -0.15) is 0 Å². The van der Waals surface area contributed by atoms with E-state index >= 15 is 0 Å². The molecule has 1 aromatic carbocycles. The van der Waals surface area contributed by atoms with Gasteiger partial charge in [0.25, 0.3) is 0 Å². The Morgan fingerprint density at radius 3 is 2.00 bits per heavy atom. The van der Waals surface area contributed by atoms with Gasteiger partial charge in [-0.15, -0.1) is 0 Å². The number of ether oxygens (including phenoxy) is 3. The van der Waals surface area contributed by atoms with Crippen LogP contribution >= 0.6 is 0 Å². The lowest BCUT2D eigenvalue weighted by Crippen LogP contribution is -2.06. The average molecular weight is 238 g/mol. The van der Waals surface area contributed by atoms with Gasteiger partial charge in [-0.25, -0.2) is 0 Å². The van der Waals surface area contributed by atoms with E-state index in [1.807, 2.05) is 0 Å². The minimum Gasteiger partial charge on any atom is -0.496 e. The Balaban J connectivity index is 3.33. The van der Waals surface area contributed by atoms with Crippen molar-refractivity contribution >= 4 is 12.1 Å². The molecule has 0 radical (unpaired) electrons. The first-order valence-electron chi connectivity index (χ1n) is 4.94. The zero-order chi connectivity index (χ0) is 12.8. The van der Waals surface area contributed by atoms with Crippen molar-refractivity contribution in [3.63, 3.8) is 0 Å². The van der Waals surface area contributed by atoms with E-state index < -0.39 is 0 Å². The van der Waals surface area contributed by atoms with E-state index in [0.717, 1.165) is 0 Å². The van der Waals surface area contributed by atoms with Crippen LogP contribution in [0, 0.1) is 0 Å². The normalized spacial score (nSPS) is 9.59. The minimum atomic E-state index is -0.351. The molecule has 0 amide bonds. The Kier molecular flexibility index (Phi) is 4.51. The van der Waals surface area contributed by atoms with Gasteiger partial charge in [-0.1, -0.05) is 0 Å². The lowest BCUT2D eigenvalue weighted by molar-refractivity contribution is -0.107.